The summed E-state index contributed by atoms with van der Waals surface area (Å²) in [5.41, 5.74) is 0.579. The van der Waals surface area contributed by atoms with Crippen LogP contribution in [-0.2, 0) is 6.42 Å². The van der Waals surface area contributed by atoms with Crippen molar-refractivity contribution in [1.82, 2.24) is 14.6 Å². The Morgan fingerprint density at radius 2 is 2.04 bits per heavy atom. The molecule has 4 rings (SSSR count). The van der Waals surface area contributed by atoms with Crippen LogP contribution in [0.2, 0.25) is 0 Å². The minimum Gasteiger partial charge on any atom is -0.492 e. The van der Waals surface area contributed by atoms with Gasteiger partial charge in [-0.3, -0.25) is 0 Å². The van der Waals surface area contributed by atoms with Crippen LogP contribution >= 0.6 is 11.3 Å². The minimum atomic E-state index is -0.916. The van der Waals surface area contributed by atoms with Crippen LogP contribution in [0.15, 0.2) is 18.2 Å². The lowest BCUT2D eigenvalue weighted by molar-refractivity contribution is -0.931. The quantitative estimate of drug-likeness (QED) is 0.625. The molecule has 0 aliphatic carbocycles. The second-order valence-electron chi connectivity index (χ2n) is 6.86. The highest BCUT2D eigenvalue weighted by Gasteiger charge is 2.35. The van der Waals surface area contributed by atoms with Gasteiger partial charge in [-0.1, -0.05) is 18.3 Å². The van der Waals surface area contributed by atoms with Gasteiger partial charge in [-0.05, 0) is 18.2 Å². The van der Waals surface area contributed by atoms with Crippen LogP contribution in [0.5, 0.6) is 5.88 Å². The van der Waals surface area contributed by atoms with E-state index in [0.29, 0.717) is 53.6 Å². The fraction of sp³-hybridized carbons (Fsp3) is 0.444. The summed E-state index contributed by atoms with van der Waals surface area (Å²) >= 11 is 1.31. The molecule has 1 saturated heterocycles. The predicted octanol–water partition coefficient (Wildman–Crippen LogP) is 1.47. The minimum absolute atomic E-state index is 0.0180. The Bertz CT molecular complexity index is 966. The van der Waals surface area contributed by atoms with Crippen molar-refractivity contribution in [2.45, 2.75) is 38.3 Å². The highest BCUT2D eigenvalue weighted by atomic mass is 32.1. The molecular weight excluding hydrogens is 374 g/mol. The molecule has 0 spiro atoms. The van der Waals surface area contributed by atoms with E-state index in [1.807, 2.05) is 6.92 Å². The molecule has 9 heteroatoms. The number of piperidine rings is 1. The number of rotatable bonds is 4. The predicted molar refractivity (Wildman–Crippen MR) is 96.0 cm³/mol. The number of fused-ring (bicyclic) bond motifs is 1. The number of aromatic hydroxyl groups is 1. The third-order valence-electron chi connectivity index (χ3n) is 5.10. The Morgan fingerprint density at radius 1 is 1.30 bits per heavy atom. The van der Waals surface area contributed by atoms with Gasteiger partial charge in [0.15, 0.2) is 23.5 Å². The summed E-state index contributed by atoms with van der Waals surface area (Å²) in [6, 6.07) is 3.46. The van der Waals surface area contributed by atoms with Crippen LogP contribution in [0.4, 0.5) is 8.78 Å². The van der Waals surface area contributed by atoms with Gasteiger partial charge in [0.1, 0.15) is 4.88 Å². The number of aliphatic hydroxyl groups is 1. The normalized spacial score (nSPS) is 21.6. The van der Waals surface area contributed by atoms with Gasteiger partial charge in [0.25, 0.3) is 0 Å². The third kappa shape index (κ3) is 3.30. The Labute approximate surface area is 158 Å². The maximum Gasteiger partial charge on any atom is 0.235 e. The highest BCUT2D eigenvalue weighted by molar-refractivity contribution is 7.17. The van der Waals surface area contributed by atoms with Gasteiger partial charge in [0.2, 0.25) is 10.8 Å². The van der Waals surface area contributed by atoms with Crippen LogP contribution < -0.4 is 4.90 Å². The number of likely N-dealkylation sites (tertiary alicyclic amines) is 1. The fourth-order valence-electron chi connectivity index (χ4n) is 3.65. The first-order valence-electron chi connectivity index (χ1n) is 9.02. The summed E-state index contributed by atoms with van der Waals surface area (Å²) in [6.07, 6.45) is 1.56. The van der Waals surface area contributed by atoms with Crippen molar-refractivity contribution in [3.8, 4) is 5.88 Å². The molecule has 3 N–H and O–H groups in total. The summed E-state index contributed by atoms with van der Waals surface area (Å²) in [6.45, 7) is 3.26. The average molecular weight is 395 g/mol. The second kappa shape index (κ2) is 7.14. The monoisotopic (exact) mass is 395 g/mol. The molecule has 1 aliphatic heterocycles. The number of halogens is 2. The topological polar surface area (TPSA) is 75.1 Å². The molecule has 0 amide bonds. The zero-order chi connectivity index (χ0) is 19.1. The largest absolute Gasteiger partial charge is 0.492 e. The van der Waals surface area contributed by atoms with Crippen molar-refractivity contribution in [2.24, 2.45) is 0 Å². The first kappa shape index (κ1) is 18.3. The molecule has 0 saturated carbocycles. The molecule has 2 aromatic heterocycles. The first-order valence-corrected chi connectivity index (χ1v) is 9.84. The SMILES string of the molecule is CCc1nc2sc([C@@H](c3ccc(F)c(F)c3)[NH+]3CCC(O)CC3)c(O)n2n1. The molecular formula is C18H21F2N4O2S+. The number of aryl methyl sites for hydroxylation is 1. The zero-order valence-corrected chi connectivity index (χ0v) is 15.6. The zero-order valence-electron chi connectivity index (χ0n) is 14.8. The molecule has 0 unspecified atom stereocenters. The summed E-state index contributed by atoms with van der Waals surface area (Å²) in [5, 5.41) is 24.9. The molecule has 1 fully saturated rings. The molecule has 1 aliphatic rings. The summed E-state index contributed by atoms with van der Waals surface area (Å²) < 4.78 is 28.8. The molecule has 0 radical (unpaired) electrons. The van der Waals surface area contributed by atoms with Gasteiger partial charge in [0, 0.05) is 24.8 Å². The summed E-state index contributed by atoms with van der Waals surface area (Å²) in [7, 11) is 0. The molecule has 0 bridgehead atoms. The van der Waals surface area contributed by atoms with Crippen LogP contribution in [0.1, 0.15) is 42.1 Å². The van der Waals surface area contributed by atoms with Crippen LogP contribution in [0, 0.1) is 11.6 Å². The van der Waals surface area contributed by atoms with Gasteiger partial charge in [-0.25, -0.2) is 13.8 Å². The van der Waals surface area contributed by atoms with Crippen molar-refractivity contribution in [3.05, 3.63) is 46.1 Å². The van der Waals surface area contributed by atoms with E-state index in [9.17, 15) is 19.0 Å². The number of aromatic nitrogens is 3. The summed E-state index contributed by atoms with van der Waals surface area (Å²) in [4.78, 5) is 6.68. The van der Waals surface area contributed by atoms with Crippen LogP contribution in [-0.4, -0.2) is 44.0 Å². The standard InChI is InChI=1S/C18H20F2N4O2S/c1-2-14-21-18-24(22-14)17(26)16(27-18)15(23-7-5-11(25)6-8-23)10-3-4-12(19)13(20)9-10/h3-4,9,11,15,25-26H,2,5-8H2,1H3/p+1/t15-/m1/s1. The summed E-state index contributed by atoms with van der Waals surface area (Å²) in [5.74, 6) is -1.20. The van der Waals surface area contributed by atoms with E-state index in [1.54, 1.807) is 6.07 Å². The molecule has 3 heterocycles. The number of aliphatic hydroxyl groups excluding tert-OH is 1. The van der Waals surface area contributed by atoms with Gasteiger partial charge in [0.05, 0.1) is 19.2 Å². The van der Waals surface area contributed by atoms with E-state index >= 15 is 0 Å². The van der Waals surface area contributed by atoms with E-state index in [2.05, 4.69) is 10.1 Å². The Hall–Kier alpha value is -2.10. The van der Waals surface area contributed by atoms with E-state index in [-0.39, 0.29) is 18.0 Å². The molecule has 27 heavy (non-hydrogen) atoms. The van der Waals surface area contributed by atoms with E-state index in [1.165, 1.54) is 21.9 Å². The first-order chi connectivity index (χ1) is 13.0. The second-order valence-corrected chi connectivity index (χ2v) is 7.87. The van der Waals surface area contributed by atoms with Crippen LogP contribution in [0.3, 0.4) is 0 Å². The average Bonchev–Trinajstić information content (AvgIpc) is 3.19. The Balaban J connectivity index is 1.80. The van der Waals surface area contributed by atoms with Gasteiger partial charge in [-0.2, -0.15) is 4.52 Å². The van der Waals surface area contributed by atoms with Gasteiger partial charge < -0.3 is 15.1 Å². The van der Waals surface area contributed by atoms with Gasteiger partial charge >= 0.3 is 0 Å². The van der Waals surface area contributed by atoms with Crippen molar-refractivity contribution in [2.75, 3.05) is 13.1 Å². The molecule has 1 aromatic carbocycles. The van der Waals surface area contributed by atoms with Crippen molar-refractivity contribution in [3.63, 3.8) is 0 Å². The van der Waals surface area contributed by atoms with Crippen molar-refractivity contribution in [1.29, 1.82) is 0 Å². The number of hydrogen-bond donors (Lipinski definition) is 3. The molecule has 6 nitrogen and oxygen atoms in total. The van der Waals surface area contributed by atoms with E-state index in [0.717, 1.165) is 11.0 Å². The van der Waals surface area contributed by atoms with Crippen molar-refractivity contribution < 1.29 is 23.9 Å². The Morgan fingerprint density at radius 3 is 2.67 bits per heavy atom. The number of hydrogen-bond acceptors (Lipinski definition) is 5. The maximum atomic E-state index is 13.9. The number of benzene rings is 1. The molecule has 144 valence electrons. The lowest BCUT2D eigenvalue weighted by atomic mass is 9.99. The number of nitrogens with zero attached hydrogens (tertiary/aromatic N) is 3. The number of quaternary nitrogens is 1. The van der Waals surface area contributed by atoms with E-state index in [4.69, 9.17) is 0 Å². The smallest absolute Gasteiger partial charge is 0.235 e. The molecule has 3 aromatic rings. The Kier molecular flexibility index (Phi) is 4.83. The van der Waals surface area contributed by atoms with Crippen molar-refractivity contribution >= 4 is 16.3 Å². The van der Waals surface area contributed by atoms with E-state index < -0.39 is 11.6 Å². The lowest BCUT2D eigenvalue weighted by Gasteiger charge is -2.33. The highest BCUT2D eigenvalue weighted by Crippen LogP contribution is 2.35. The third-order valence-corrected chi connectivity index (χ3v) is 6.19. The van der Waals surface area contributed by atoms with Crippen LogP contribution in [0.25, 0.3) is 4.96 Å². The maximum absolute atomic E-state index is 13.9. The number of nitrogens with one attached hydrogen (secondary N) is 1. The number of thiazole rings is 1. The lowest BCUT2D eigenvalue weighted by Crippen LogP contribution is -3.13. The van der Waals surface area contributed by atoms with Gasteiger partial charge in [-0.15, -0.1) is 5.10 Å². The molecule has 1 atom stereocenters. The fourth-order valence-corrected chi connectivity index (χ4v) is 4.81.